The fourth-order valence-corrected chi connectivity index (χ4v) is 2.71. The number of aliphatic hydroxyl groups excluding tert-OH is 2. The number of nitrogens with two attached hydrogens (primary N) is 1. The molecule has 3 atom stereocenters. The second-order valence-electron chi connectivity index (χ2n) is 3.97. The van der Waals surface area contributed by atoms with Gasteiger partial charge in [0.25, 0.3) is 0 Å². The lowest BCUT2D eigenvalue weighted by Gasteiger charge is -2.22. The number of aliphatic hydroxyl groups is 2. The van der Waals surface area contributed by atoms with Crippen molar-refractivity contribution in [2.24, 2.45) is 5.73 Å². The number of rotatable bonds is 6. The Morgan fingerprint density at radius 1 is 1.41 bits per heavy atom. The van der Waals surface area contributed by atoms with Crippen LogP contribution in [0.25, 0.3) is 0 Å². The van der Waals surface area contributed by atoms with Crippen LogP contribution in [-0.4, -0.2) is 34.7 Å². The van der Waals surface area contributed by atoms with Gasteiger partial charge in [-0.2, -0.15) is 0 Å². The zero-order chi connectivity index (χ0) is 12.8. The standard InChI is InChI=1S/C12H18FNO2S/c1-8(14)12(17-7-9(16)6-15)10-4-2-3-5-11(10)13/h2-5,8-9,12,15-16H,6-7,14H2,1H3. The molecule has 0 radical (unpaired) electrons. The van der Waals surface area contributed by atoms with E-state index in [4.69, 9.17) is 10.8 Å². The summed E-state index contributed by atoms with van der Waals surface area (Å²) in [7, 11) is 0. The Morgan fingerprint density at radius 2 is 2.06 bits per heavy atom. The second kappa shape index (κ2) is 6.96. The van der Waals surface area contributed by atoms with Crippen molar-refractivity contribution in [2.75, 3.05) is 12.4 Å². The molecule has 3 unspecified atom stereocenters. The van der Waals surface area contributed by atoms with Crippen LogP contribution < -0.4 is 5.73 Å². The molecular weight excluding hydrogens is 241 g/mol. The molecule has 1 aromatic rings. The van der Waals surface area contributed by atoms with Crippen molar-refractivity contribution in [2.45, 2.75) is 24.3 Å². The molecule has 0 aliphatic carbocycles. The second-order valence-corrected chi connectivity index (χ2v) is 5.15. The van der Waals surface area contributed by atoms with Crippen LogP contribution in [-0.2, 0) is 0 Å². The summed E-state index contributed by atoms with van der Waals surface area (Å²) < 4.78 is 13.6. The summed E-state index contributed by atoms with van der Waals surface area (Å²) in [6, 6.07) is 6.25. The van der Waals surface area contributed by atoms with Crippen LogP contribution in [0.1, 0.15) is 17.7 Å². The quantitative estimate of drug-likeness (QED) is 0.720. The molecule has 0 spiro atoms. The molecule has 0 saturated heterocycles. The van der Waals surface area contributed by atoms with Gasteiger partial charge in [0.1, 0.15) is 5.82 Å². The zero-order valence-corrected chi connectivity index (χ0v) is 10.5. The molecule has 96 valence electrons. The van der Waals surface area contributed by atoms with Crippen molar-refractivity contribution in [1.29, 1.82) is 0 Å². The van der Waals surface area contributed by atoms with Crippen LogP contribution in [0.15, 0.2) is 24.3 Å². The number of hydrogen-bond donors (Lipinski definition) is 3. The van der Waals surface area contributed by atoms with Crippen molar-refractivity contribution in [3.8, 4) is 0 Å². The lowest BCUT2D eigenvalue weighted by atomic mass is 10.1. The first-order chi connectivity index (χ1) is 8.06. The highest BCUT2D eigenvalue weighted by Crippen LogP contribution is 2.33. The van der Waals surface area contributed by atoms with Gasteiger partial charge >= 0.3 is 0 Å². The minimum Gasteiger partial charge on any atom is -0.394 e. The van der Waals surface area contributed by atoms with Crippen molar-refractivity contribution in [3.05, 3.63) is 35.6 Å². The predicted octanol–water partition coefficient (Wildman–Crippen LogP) is 1.30. The van der Waals surface area contributed by atoms with E-state index in [1.165, 1.54) is 17.8 Å². The molecule has 3 nitrogen and oxygen atoms in total. The molecule has 17 heavy (non-hydrogen) atoms. The van der Waals surface area contributed by atoms with E-state index in [2.05, 4.69) is 0 Å². The lowest BCUT2D eigenvalue weighted by molar-refractivity contribution is 0.113. The molecule has 0 saturated carbocycles. The van der Waals surface area contributed by atoms with Gasteiger partial charge < -0.3 is 15.9 Å². The van der Waals surface area contributed by atoms with Gasteiger partial charge in [0.15, 0.2) is 0 Å². The maximum atomic E-state index is 13.6. The number of benzene rings is 1. The van der Waals surface area contributed by atoms with Crippen LogP contribution in [0.4, 0.5) is 4.39 Å². The maximum Gasteiger partial charge on any atom is 0.127 e. The van der Waals surface area contributed by atoms with E-state index in [1.54, 1.807) is 25.1 Å². The van der Waals surface area contributed by atoms with Gasteiger partial charge in [-0.15, -0.1) is 11.8 Å². The highest BCUT2D eigenvalue weighted by atomic mass is 32.2. The summed E-state index contributed by atoms with van der Waals surface area (Å²) in [6.45, 7) is 1.51. The van der Waals surface area contributed by atoms with Crippen LogP contribution in [0.3, 0.4) is 0 Å². The van der Waals surface area contributed by atoms with Crippen molar-refractivity contribution < 1.29 is 14.6 Å². The molecule has 0 bridgehead atoms. The van der Waals surface area contributed by atoms with Crippen molar-refractivity contribution >= 4 is 11.8 Å². The molecular formula is C12H18FNO2S. The molecule has 5 heteroatoms. The van der Waals surface area contributed by atoms with Crippen LogP contribution >= 0.6 is 11.8 Å². The van der Waals surface area contributed by atoms with Gasteiger partial charge in [0.05, 0.1) is 12.7 Å². The molecule has 0 aliphatic rings. The number of thioether (sulfide) groups is 1. The third-order valence-corrected chi connectivity index (χ3v) is 3.99. The summed E-state index contributed by atoms with van der Waals surface area (Å²) in [5.74, 6) is 0.0395. The summed E-state index contributed by atoms with van der Waals surface area (Å²) >= 11 is 1.35. The third kappa shape index (κ3) is 4.27. The number of hydrogen-bond acceptors (Lipinski definition) is 4. The van der Waals surface area contributed by atoms with E-state index in [-0.39, 0.29) is 23.7 Å². The van der Waals surface area contributed by atoms with E-state index in [0.717, 1.165) is 0 Å². The molecule has 1 aromatic carbocycles. The van der Waals surface area contributed by atoms with Gasteiger partial charge in [-0.3, -0.25) is 0 Å². The lowest BCUT2D eigenvalue weighted by Crippen LogP contribution is -2.25. The molecule has 0 aromatic heterocycles. The van der Waals surface area contributed by atoms with E-state index in [1.807, 2.05) is 0 Å². The highest BCUT2D eigenvalue weighted by molar-refractivity contribution is 7.99. The topological polar surface area (TPSA) is 66.5 Å². The number of halogens is 1. The fourth-order valence-electron chi connectivity index (χ4n) is 1.50. The van der Waals surface area contributed by atoms with Gasteiger partial charge in [0.2, 0.25) is 0 Å². The van der Waals surface area contributed by atoms with Gasteiger partial charge in [-0.05, 0) is 13.0 Å². The first-order valence-corrected chi connectivity index (χ1v) is 6.51. The van der Waals surface area contributed by atoms with E-state index in [0.29, 0.717) is 11.3 Å². The summed E-state index contributed by atoms with van der Waals surface area (Å²) in [6.07, 6.45) is -0.798. The van der Waals surface area contributed by atoms with Gasteiger partial charge in [0, 0.05) is 22.6 Å². The predicted molar refractivity (Wildman–Crippen MR) is 68.3 cm³/mol. The minimum absolute atomic E-state index is 0.225. The fraction of sp³-hybridized carbons (Fsp3) is 0.500. The zero-order valence-electron chi connectivity index (χ0n) is 9.71. The Hall–Kier alpha value is -0.620. The van der Waals surface area contributed by atoms with Crippen LogP contribution in [0, 0.1) is 5.82 Å². The molecule has 0 amide bonds. The van der Waals surface area contributed by atoms with Crippen LogP contribution in [0.2, 0.25) is 0 Å². The van der Waals surface area contributed by atoms with E-state index >= 15 is 0 Å². The molecule has 0 aliphatic heterocycles. The summed E-state index contributed by atoms with van der Waals surface area (Å²) in [5.41, 5.74) is 6.37. The van der Waals surface area contributed by atoms with E-state index in [9.17, 15) is 9.50 Å². The largest absolute Gasteiger partial charge is 0.394 e. The Kier molecular flexibility index (Phi) is 5.91. The maximum absolute atomic E-state index is 13.6. The minimum atomic E-state index is -0.798. The Balaban J connectivity index is 2.76. The van der Waals surface area contributed by atoms with Gasteiger partial charge in [-0.25, -0.2) is 4.39 Å². The smallest absolute Gasteiger partial charge is 0.127 e. The average Bonchev–Trinajstić information content (AvgIpc) is 2.30. The Bertz CT molecular complexity index is 349. The molecule has 0 fully saturated rings. The van der Waals surface area contributed by atoms with Gasteiger partial charge in [-0.1, -0.05) is 18.2 Å². The van der Waals surface area contributed by atoms with Crippen molar-refractivity contribution in [3.63, 3.8) is 0 Å². The summed E-state index contributed by atoms with van der Waals surface area (Å²) in [5, 5.41) is 17.8. The molecule has 0 heterocycles. The Morgan fingerprint density at radius 3 is 2.59 bits per heavy atom. The Labute approximate surface area is 105 Å². The van der Waals surface area contributed by atoms with E-state index < -0.39 is 6.10 Å². The normalized spacial score (nSPS) is 16.5. The first kappa shape index (κ1) is 14.4. The SMILES string of the molecule is CC(N)C(SCC(O)CO)c1ccccc1F. The summed E-state index contributed by atoms with van der Waals surface area (Å²) in [4.78, 5) is 0. The first-order valence-electron chi connectivity index (χ1n) is 5.46. The van der Waals surface area contributed by atoms with Crippen LogP contribution in [0.5, 0.6) is 0 Å². The van der Waals surface area contributed by atoms with Crippen molar-refractivity contribution in [1.82, 2.24) is 0 Å². The average molecular weight is 259 g/mol. The molecule has 1 rings (SSSR count). The third-order valence-electron chi connectivity index (χ3n) is 2.37. The monoisotopic (exact) mass is 259 g/mol. The highest BCUT2D eigenvalue weighted by Gasteiger charge is 2.21. The molecule has 4 N–H and O–H groups in total.